The SMILES string of the molecule is Cc1cnnc(C(=O)NCc2cncs2)c1. The highest BCUT2D eigenvalue weighted by Gasteiger charge is 2.07. The quantitative estimate of drug-likeness (QED) is 0.865. The molecule has 0 atom stereocenters. The third kappa shape index (κ3) is 2.60. The van der Waals surface area contributed by atoms with Crippen LogP contribution in [0.2, 0.25) is 0 Å². The molecule has 0 saturated heterocycles. The fourth-order valence-corrected chi connectivity index (χ4v) is 1.70. The molecule has 0 bridgehead atoms. The van der Waals surface area contributed by atoms with Crippen molar-refractivity contribution in [1.29, 1.82) is 0 Å². The normalized spacial score (nSPS) is 10.1. The molecule has 16 heavy (non-hydrogen) atoms. The summed E-state index contributed by atoms with van der Waals surface area (Å²) in [5.74, 6) is -0.218. The van der Waals surface area contributed by atoms with E-state index in [1.807, 2.05) is 6.92 Å². The first-order chi connectivity index (χ1) is 7.75. The third-order valence-corrected chi connectivity index (χ3v) is 2.71. The van der Waals surface area contributed by atoms with Gasteiger partial charge in [0.25, 0.3) is 5.91 Å². The van der Waals surface area contributed by atoms with Crippen molar-refractivity contribution in [2.45, 2.75) is 13.5 Å². The maximum Gasteiger partial charge on any atom is 0.272 e. The first-order valence-electron chi connectivity index (χ1n) is 4.70. The molecule has 0 aromatic carbocycles. The second-order valence-corrected chi connectivity index (χ2v) is 4.24. The number of nitrogens with zero attached hydrogens (tertiary/aromatic N) is 3. The summed E-state index contributed by atoms with van der Waals surface area (Å²) in [4.78, 5) is 16.6. The Balaban J connectivity index is 1.98. The van der Waals surface area contributed by atoms with Crippen molar-refractivity contribution < 1.29 is 4.79 Å². The summed E-state index contributed by atoms with van der Waals surface area (Å²) in [5.41, 5.74) is 2.98. The van der Waals surface area contributed by atoms with Crippen molar-refractivity contribution in [3.05, 3.63) is 40.1 Å². The number of amides is 1. The molecule has 2 aromatic heterocycles. The van der Waals surface area contributed by atoms with Gasteiger partial charge in [-0.1, -0.05) is 0 Å². The number of carbonyl (C=O) groups excluding carboxylic acids is 1. The van der Waals surface area contributed by atoms with E-state index in [0.717, 1.165) is 10.4 Å². The molecule has 1 N–H and O–H groups in total. The van der Waals surface area contributed by atoms with E-state index >= 15 is 0 Å². The molecule has 0 spiro atoms. The van der Waals surface area contributed by atoms with Crippen molar-refractivity contribution in [3.63, 3.8) is 0 Å². The maximum atomic E-state index is 11.7. The molecule has 0 unspecified atom stereocenters. The fourth-order valence-electron chi connectivity index (χ4n) is 1.16. The van der Waals surface area contributed by atoms with Crippen LogP contribution in [0.15, 0.2) is 24.0 Å². The highest BCUT2D eigenvalue weighted by atomic mass is 32.1. The van der Waals surface area contributed by atoms with E-state index in [9.17, 15) is 4.79 Å². The van der Waals surface area contributed by atoms with Gasteiger partial charge in [-0.15, -0.1) is 16.4 Å². The molecule has 0 aliphatic rings. The smallest absolute Gasteiger partial charge is 0.272 e. The summed E-state index contributed by atoms with van der Waals surface area (Å²) in [6.45, 7) is 2.34. The number of aryl methyl sites for hydroxylation is 1. The van der Waals surface area contributed by atoms with Crippen molar-refractivity contribution in [2.75, 3.05) is 0 Å². The third-order valence-electron chi connectivity index (χ3n) is 1.93. The topological polar surface area (TPSA) is 67.8 Å². The van der Waals surface area contributed by atoms with Gasteiger partial charge in [0.1, 0.15) is 0 Å². The molecule has 6 heteroatoms. The molecule has 2 heterocycles. The highest BCUT2D eigenvalue weighted by Crippen LogP contribution is 2.05. The number of aromatic nitrogens is 3. The van der Waals surface area contributed by atoms with E-state index in [2.05, 4.69) is 20.5 Å². The van der Waals surface area contributed by atoms with E-state index in [1.165, 1.54) is 11.3 Å². The number of thiazole rings is 1. The molecular formula is C10H10N4OS. The lowest BCUT2D eigenvalue weighted by molar-refractivity contribution is 0.0945. The van der Waals surface area contributed by atoms with Gasteiger partial charge in [0.15, 0.2) is 5.69 Å². The zero-order valence-electron chi connectivity index (χ0n) is 8.67. The lowest BCUT2D eigenvalue weighted by Crippen LogP contribution is -2.23. The van der Waals surface area contributed by atoms with Crippen molar-refractivity contribution in [3.8, 4) is 0 Å². The van der Waals surface area contributed by atoms with Gasteiger partial charge in [-0.3, -0.25) is 9.78 Å². The summed E-state index contributed by atoms with van der Waals surface area (Å²) in [6.07, 6.45) is 3.34. The fraction of sp³-hybridized carbons (Fsp3) is 0.200. The number of hydrogen-bond donors (Lipinski definition) is 1. The minimum Gasteiger partial charge on any atom is -0.346 e. The second kappa shape index (κ2) is 4.80. The van der Waals surface area contributed by atoms with Crippen LogP contribution in [-0.2, 0) is 6.54 Å². The van der Waals surface area contributed by atoms with Crippen LogP contribution in [0.1, 0.15) is 20.9 Å². The van der Waals surface area contributed by atoms with Crippen molar-refractivity contribution in [2.24, 2.45) is 0 Å². The Morgan fingerprint density at radius 3 is 3.06 bits per heavy atom. The average molecular weight is 234 g/mol. The Morgan fingerprint density at radius 2 is 2.38 bits per heavy atom. The Bertz CT molecular complexity index is 483. The predicted octanol–water partition coefficient (Wildman–Crippen LogP) is 1.17. The summed E-state index contributed by atoms with van der Waals surface area (Å²) in [6, 6.07) is 1.70. The van der Waals surface area contributed by atoms with Gasteiger partial charge in [-0.05, 0) is 18.6 Å². The van der Waals surface area contributed by atoms with Crippen LogP contribution in [0, 0.1) is 6.92 Å². The molecule has 0 radical (unpaired) electrons. The predicted molar refractivity (Wildman–Crippen MR) is 60.1 cm³/mol. The number of rotatable bonds is 3. The number of carbonyl (C=O) groups is 1. The highest BCUT2D eigenvalue weighted by molar-refractivity contribution is 7.09. The van der Waals surface area contributed by atoms with Crippen LogP contribution >= 0.6 is 11.3 Å². The Morgan fingerprint density at radius 1 is 1.50 bits per heavy atom. The Kier molecular flexibility index (Phi) is 3.21. The van der Waals surface area contributed by atoms with Gasteiger partial charge in [0.05, 0.1) is 18.3 Å². The van der Waals surface area contributed by atoms with Crippen LogP contribution in [0.4, 0.5) is 0 Å². The molecule has 0 fully saturated rings. The first kappa shape index (κ1) is 10.7. The summed E-state index contributed by atoms with van der Waals surface area (Å²) in [5, 5.41) is 10.3. The lowest BCUT2D eigenvalue weighted by atomic mass is 10.3. The largest absolute Gasteiger partial charge is 0.346 e. The van der Waals surface area contributed by atoms with Gasteiger partial charge >= 0.3 is 0 Å². The molecule has 5 nitrogen and oxygen atoms in total. The average Bonchev–Trinajstić information content (AvgIpc) is 2.78. The van der Waals surface area contributed by atoms with E-state index in [4.69, 9.17) is 0 Å². The zero-order chi connectivity index (χ0) is 11.4. The molecule has 0 aliphatic heterocycles. The summed E-state index contributed by atoms with van der Waals surface area (Å²) in [7, 11) is 0. The van der Waals surface area contributed by atoms with Crippen LogP contribution in [0.25, 0.3) is 0 Å². The standard InChI is InChI=1S/C10H10N4OS/c1-7-2-9(14-13-3-7)10(15)12-5-8-4-11-6-16-8/h2-4,6H,5H2,1H3,(H,12,15). The molecule has 2 aromatic rings. The number of nitrogens with one attached hydrogen (secondary N) is 1. The molecule has 82 valence electrons. The van der Waals surface area contributed by atoms with Crippen LogP contribution in [0.3, 0.4) is 0 Å². The minimum atomic E-state index is -0.218. The number of hydrogen-bond acceptors (Lipinski definition) is 5. The van der Waals surface area contributed by atoms with E-state index < -0.39 is 0 Å². The Hall–Kier alpha value is -1.82. The van der Waals surface area contributed by atoms with Gasteiger partial charge in [0, 0.05) is 11.1 Å². The lowest BCUT2D eigenvalue weighted by Gasteiger charge is -2.02. The van der Waals surface area contributed by atoms with E-state index in [0.29, 0.717) is 12.2 Å². The Labute approximate surface area is 96.6 Å². The van der Waals surface area contributed by atoms with Crippen LogP contribution in [0.5, 0.6) is 0 Å². The summed E-state index contributed by atoms with van der Waals surface area (Å²) < 4.78 is 0. The van der Waals surface area contributed by atoms with Gasteiger partial charge < -0.3 is 5.32 Å². The first-order valence-corrected chi connectivity index (χ1v) is 5.58. The summed E-state index contributed by atoms with van der Waals surface area (Å²) >= 11 is 1.50. The molecular weight excluding hydrogens is 224 g/mol. The second-order valence-electron chi connectivity index (χ2n) is 3.27. The molecule has 0 saturated carbocycles. The monoisotopic (exact) mass is 234 g/mol. The van der Waals surface area contributed by atoms with Gasteiger partial charge in [-0.2, -0.15) is 5.10 Å². The maximum absolute atomic E-state index is 11.7. The van der Waals surface area contributed by atoms with E-state index in [1.54, 1.807) is 24.0 Å². The van der Waals surface area contributed by atoms with Crippen molar-refractivity contribution >= 4 is 17.2 Å². The van der Waals surface area contributed by atoms with Gasteiger partial charge in [0.2, 0.25) is 0 Å². The van der Waals surface area contributed by atoms with Crippen LogP contribution in [-0.4, -0.2) is 21.1 Å². The minimum absolute atomic E-state index is 0.218. The van der Waals surface area contributed by atoms with Crippen LogP contribution < -0.4 is 5.32 Å². The molecule has 0 aliphatic carbocycles. The molecule has 1 amide bonds. The molecule has 2 rings (SSSR count). The van der Waals surface area contributed by atoms with E-state index in [-0.39, 0.29) is 5.91 Å². The van der Waals surface area contributed by atoms with Gasteiger partial charge in [-0.25, -0.2) is 0 Å². The zero-order valence-corrected chi connectivity index (χ0v) is 9.49. The van der Waals surface area contributed by atoms with Crippen molar-refractivity contribution in [1.82, 2.24) is 20.5 Å².